The molecule has 2 aromatic rings. The summed E-state index contributed by atoms with van der Waals surface area (Å²) in [6.07, 6.45) is 3.92. The molecule has 2 atom stereocenters. The van der Waals surface area contributed by atoms with Crippen LogP contribution in [0.3, 0.4) is 0 Å². The van der Waals surface area contributed by atoms with Gasteiger partial charge < -0.3 is 14.8 Å². The highest BCUT2D eigenvalue weighted by molar-refractivity contribution is 5.28. The predicted octanol–water partition coefficient (Wildman–Crippen LogP) is 5.59. The molecule has 1 saturated carbocycles. The number of nitrogens with zero attached hydrogens (tertiary/aromatic N) is 1. The fourth-order valence-electron chi connectivity index (χ4n) is 5.11. The number of nitrogens with one attached hydrogen (secondary N) is 1. The normalized spacial score (nSPS) is 21.8. The summed E-state index contributed by atoms with van der Waals surface area (Å²) >= 11 is 0. The quantitative estimate of drug-likeness (QED) is 0.617. The summed E-state index contributed by atoms with van der Waals surface area (Å²) in [5, 5.41) is 3.45. The van der Waals surface area contributed by atoms with E-state index >= 15 is 0 Å². The fourth-order valence-corrected chi connectivity index (χ4v) is 5.11. The van der Waals surface area contributed by atoms with Gasteiger partial charge in [-0.05, 0) is 61.4 Å². The average molecular weight is 435 g/mol. The molecule has 0 radical (unpaired) electrons. The van der Waals surface area contributed by atoms with Crippen molar-refractivity contribution in [2.45, 2.75) is 63.0 Å². The van der Waals surface area contributed by atoms with E-state index in [-0.39, 0.29) is 17.3 Å². The Morgan fingerprint density at radius 3 is 2.74 bits per heavy atom. The van der Waals surface area contributed by atoms with Crippen LogP contribution in [0.25, 0.3) is 0 Å². The van der Waals surface area contributed by atoms with Crippen molar-refractivity contribution in [3.8, 4) is 5.75 Å². The van der Waals surface area contributed by atoms with Crippen molar-refractivity contribution in [2.75, 3.05) is 13.2 Å². The van der Waals surface area contributed by atoms with Gasteiger partial charge in [-0.2, -0.15) is 0 Å². The van der Waals surface area contributed by atoms with E-state index in [1.807, 2.05) is 18.3 Å². The summed E-state index contributed by atoms with van der Waals surface area (Å²) in [6.45, 7) is 1.96. The van der Waals surface area contributed by atoms with Crippen molar-refractivity contribution in [3.05, 3.63) is 59.9 Å². The number of hydrogen-bond acceptors (Lipinski definition) is 4. The molecule has 1 N–H and O–H groups in total. The summed E-state index contributed by atoms with van der Waals surface area (Å²) in [6, 6.07) is 12.1. The molecule has 2 unspecified atom stereocenters. The number of hydrogen-bond donors (Lipinski definition) is 1. The van der Waals surface area contributed by atoms with Crippen molar-refractivity contribution in [1.82, 2.24) is 10.3 Å². The van der Waals surface area contributed by atoms with Crippen LogP contribution in [0.15, 0.2) is 48.7 Å². The van der Waals surface area contributed by atoms with Gasteiger partial charge in [-0.25, -0.2) is 0 Å². The molecule has 1 aliphatic carbocycles. The first-order valence-corrected chi connectivity index (χ1v) is 11.0. The Balaban J connectivity index is 1.42. The number of rotatable bonds is 7. The lowest BCUT2D eigenvalue weighted by molar-refractivity contribution is -0.274. The van der Waals surface area contributed by atoms with Crippen LogP contribution in [0.4, 0.5) is 13.2 Å². The molecule has 4 rings (SSSR count). The first-order chi connectivity index (χ1) is 14.9. The van der Waals surface area contributed by atoms with Gasteiger partial charge in [-0.1, -0.05) is 31.0 Å². The summed E-state index contributed by atoms with van der Waals surface area (Å²) in [4.78, 5) is 4.62. The second kappa shape index (κ2) is 9.57. The van der Waals surface area contributed by atoms with Crippen molar-refractivity contribution in [2.24, 2.45) is 5.92 Å². The van der Waals surface area contributed by atoms with E-state index in [9.17, 15) is 13.2 Å². The molecule has 0 amide bonds. The van der Waals surface area contributed by atoms with Gasteiger partial charge in [0.1, 0.15) is 5.75 Å². The fraction of sp³-hybridized carbons (Fsp3) is 0.542. The van der Waals surface area contributed by atoms with Gasteiger partial charge in [0.15, 0.2) is 0 Å². The second-order valence-corrected chi connectivity index (χ2v) is 8.68. The minimum absolute atomic E-state index is 0.0270. The van der Waals surface area contributed by atoms with Crippen LogP contribution in [0.1, 0.15) is 55.7 Å². The SMILES string of the molecule is FC(F)(F)Oc1cccc(CNCC(c2ccccn2)C2CCOC3(CCCC3)C2)c1. The van der Waals surface area contributed by atoms with Crippen molar-refractivity contribution < 1.29 is 22.6 Å². The first-order valence-electron chi connectivity index (χ1n) is 11.0. The summed E-state index contributed by atoms with van der Waals surface area (Å²) in [7, 11) is 0. The summed E-state index contributed by atoms with van der Waals surface area (Å²) in [5.74, 6) is 0.506. The molecule has 7 heteroatoms. The number of aromatic nitrogens is 1. The molecular formula is C24H29F3N2O2. The molecule has 1 spiro atoms. The van der Waals surface area contributed by atoms with Gasteiger partial charge >= 0.3 is 6.36 Å². The van der Waals surface area contributed by atoms with E-state index in [4.69, 9.17) is 4.74 Å². The molecule has 1 aromatic carbocycles. The molecule has 2 fully saturated rings. The molecule has 31 heavy (non-hydrogen) atoms. The van der Waals surface area contributed by atoms with Crippen LogP contribution in [-0.4, -0.2) is 30.1 Å². The molecule has 0 bridgehead atoms. The van der Waals surface area contributed by atoms with Gasteiger partial charge in [0.2, 0.25) is 0 Å². The highest BCUT2D eigenvalue weighted by Crippen LogP contribution is 2.45. The third-order valence-electron chi connectivity index (χ3n) is 6.51. The standard InChI is InChI=1S/C24H29F3N2O2/c25-24(26,27)31-20-7-5-6-18(14-20)16-28-17-21(22-8-1-4-12-29-22)19-9-13-30-23(15-19)10-2-3-11-23/h1,4-8,12,14,19,21,28H,2-3,9-11,13,15-17H2. The summed E-state index contributed by atoms with van der Waals surface area (Å²) in [5.41, 5.74) is 1.84. The maximum Gasteiger partial charge on any atom is 0.573 e. The van der Waals surface area contributed by atoms with Crippen LogP contribution in [0.2, 0.25) is 0 Å². The molecule has 4 nitrogen and oxygen atoms in total. The van der Waals surface area contributed by atoms with E-state index in [2.05, 4.69) is 21.1 Å². The smallest absolute Gasteiger partial charge is 0.406 e. The van der Waals surface area contributed by atoms with E-state index in [1.54, 1.807) is 12.1 Å². The van der Waals surface area contributed by atoms with Crippen LogP contribution >= 0.6 is 0 Å². The number of halogens is 3. The van der Waals surface area contributed by atoms with E-state index in [0.29, 0.717) is 19.0 Å². The Hall–Kier alpha value is -2.12. The van der Waals surface area contributed by atoms with Gasteiger partial charge in [-0.3, -0.25) is 4.98 Å². The van der Waals surface area contributed by atoms with Crippen LogP contribution in [-0.2, 0) is 11.3 Å². The lowest BCUT2D eigenvalue weighted by atomic mass is 9.76. The third kappa shape index (κ3) is 5.98. The second-order valence-electron chi connectivity index (χ2n) is 8.68. The minimum atomic E-state index is -4.69. The Morgan fingerprint density at radius 1 is 1.16 bits per heavy atom. The van der Waals surface area contributed by atoms with Crippen LogP contribution < -0.4 is 10.1 Å². The number of alkyl halides is 3. The monoisotopic (exact) mass is 434 g/mol. The molecule has 1 aliphatic heterocycles. The molecular weight excluding hydrogens is 405 g/mol. The number of benzene rings is 1. The minimum Gasteiger partial charge on any atom is -0.406 e. The zero-order valence-corrected chi connectivity index (χ0v) is 17.5. The Bertz CT molecular complexity index is 838. The Labute approximate surface area is 181 Å². The zero-order chi connectivity index (χ0) is 21.7. The van der Waals surface area contributed by atoms with Crippen molar-refractivity contribution in [3.63, 3.8) is 0 Å². The Kier molecular flexibility index (Phi) is 6.82. The largest absolute Gasteiger partial charge is 0.573 e. The third-order valence-corrected chi connectivity index (χ3v) is 6.51. The average Bonchev–Trinajstić information content (AvgIpc) is 3.18. The molecule has 1 saturated heterocycles. The van der Waals surface area contributed by atoms with Crippen molar-refractivity contribution in [1.29, 1.82) is 0 Å². The maximum atomic E-state index is 12.5. The highest BCUT2D eigenvalue weighted by Gasteiger charge is 2.42. The topological polar surface area (TPSA) is 43.4 Å². The lowest BCUT2D eigenvalue weighted by Crippen LogP contribution is -2.41. The number of ether oxygens (including phenoxy) is 2. The lowest BCUT2D eigenvalue weighted by Gasteiger charge is -2.41. The molecule has 168 valence electrons. The van der Waals surface area contributed by atoms with Gasteiger partial charge in [-0.15, -0.1) is 13.2 Å². The first kappa shape index (κ1) is 22.1. The molecule has 2 aliphatic rings. The molecule has 2 heterocycles. The zero-order valence-electron chi connectivity index (χ0n) is 17.5. The number of pyridine rings is 1. The highest BCUT2D eigenvalue weighted by atomic mass is 19.4. The van der Waals surface area contributed by atoms with Crippen molar-refractivity contribution >= 4 is 0 Å². The van der Waals surface area contributed by atoms with Gasteiger partial charge in [0.25, 0.3) is 0 Å². The van der Waals surface area contributed by atoms with Gasteiger partial charge in [0.05, 0.1) is 5.60 Å². The summed E-state index contributed by atoms with van der Waals surface area (Å²) < 4.78 is 47.7. The maximum absolute atomic E-state index is 12.5. The Morgan fingerprint density at radius 2 is 2.00 bits per heavy atom. The van der Waals surface area contributed by atoms with Gasteiger partial charge in [0, 0.05) is 37.5 Å². The van der Waals surface area contributed by atoms with E-state index in [0.717, 1.165) is 43.5 Å². The molecule has 1 aromatic heterocycles. The van der Waals surface area contributed by atoms with Crippen LogP contribution in [0, 0.1) is 5.92 Å². The predicted molar refractivity (Wildman–Crippen MR) is 112 cm³/mol. The van der Waals surface area contributed by atoms with E-state index in [1.165, 1.54) is 25.0 Å². The van der Waals surface area contributed by atoms with Crippen LogP contribution in [0.5, 0.6) is 5.75 Å². The van der Waals surface area contributed by atoms with E-state index < -0.39 is 6.36 Å².